The fourth-order valence-electron chi connectivity index (χ4n) is 26.0. The normalized spacial score (nSPS) is 37.9. The molecule has 127 heavy (non-hydrogen) atoms. The van der Waals surface area contributed by atoms with Crippen LogP contribution in [0.15, 0.2) is 0 Å². The molecule has 0 spiro atoms. The van der Waals surface area contributed by atoms with Crippen molar-refractivity contribution in [3.63, 3.8) is 0 Å². The second kappa shape index (κ2) is 34.4. The third kappa shape index (κ3) is 18.2. The second-order valence-corrected chi connectivity index (χ2v) is 39.6. The summed E-state index contributed by atoms with van der Waals surface area (Å²) in [6.07, 6.45) is -1.10. The van der Waals surface area contributed by atoms with Crippen molar-refractivity contribution in [1.82, 2.24) is 0 Å². The maximum atomic E-state index is 14.1. The Kier molecular flexibility index (Phi) is 26.5. The quantitative estimate of drug-likeness (QED) is 0.0329. The molecule has 17 saturated carbocycles. The van der Waals surface area contributed by atoms with E-state index in [9.17, 15) is 132 Å². The Morgan fingerprint density at radius 3 is 1.13 bits per heavy atom. The molecule has 0 aromatic heterocycles. The van der Waals surface area contributed by atoms with Crippen LogP contribution in [0.4, 0.5) is 79.0 Å². The molecule has 718 valence electrons. The standard InChI is InChI=1S/C24H30F2O6.C21H27F7O6.C21H27F7O5.C20H26F2O6/c1-3-24(12-5-10-4-11(7-12)8-13(24)6-10)32-21(28)17-15-9-14-16(17)20(27)30-18(14)19(15)31-22(29)23(2,25)26;1-3-32-15(30)20(21(26,27)28,33-5-4-19(24,25)16(2,22)23)34-14(29)17-7-12-6-13(8-17)10-18(31,9-12)11-17;1-3-31-16(30)20(21(26,27)28,32-5-4-19(24,25)17(2,22)23)33-15(29)18-9-12-6-13(10-18)8-14(7-12)11-18;1-3-20(7-5-4-6-8-20)28-17(24)13-11-9-10-12(13)16(23)26-14(10)15(11)27-18(25)19(2,21)22/h10-19H,3-9H2,1-2H3;12-13,31H,3-11H2,1-2H3;12-14H,3-11H2,1-2H3;10-15H,3-9H2,1-2H3. The van der Waals surface area contributed by atoms with Crippen molar-refractivity contribution in [3.05, 3.63) is 0 Å². The number of carbonyl (C=O) groups is 10. The van der Waals surface area contributed by atoms with Crippen LogP contribution in [0.5, 0.6) is 0 Å². The average Bonchev–Trinajstić information content (AvgIpc) is 1.52. The summed E-state index contributed by atoms with van der Waals surface area (Å²) in [5.74, 6) is -49.2. The Morgan fingerprint density at radius 2 is 0.787 bits per heavy atom. The highest BCUT2D eigenvalue weighted by Crippen LogP contribution is 2.67. The second-order valence-electron chi connectivity index (χ2n) is 39.6. The van der Waals surface area contributed by atoms with E-state index in [2.05, 4.69) is 30.6 Å². The maximum Gasteiger partial charge on any atom is 0.468 e. The van der Waals surface area contributed by atoms with Gasteiger partial charge >= 0.3 is 119 Å². The third-order valence-corrected chi connectivity index (χ3v) is 30.9. The van der Waals surface area contributed by atoms with E-state index in [0.29, 0.717) is 83.5 Å². The molecule has 16 atom stereocenters. The van der Waals surface area contributed by atoms with Crippen molar-refractivity contribution in [2.24, 2.45) is 111 Å². The van der Waals surface area contributed by atoms with Crippen LogP contribution >= 0.6 is 0 Å². The molecule has 23 nitrogen and oxygen atoms in total. The Bertz CT molecular complexity index is 4070. The SMILES string of the molecule is CCC1(OC(=O)C2C3CC4C(OC(=O)C42)C3OC(=O)C(C)(F)F)C2CC3CC(C2)CC1C3.CCC1(OC(=O)C2C3CC4C(OC(=O)C42)C3OC(=O)C(C)(F)F)CCCCC1.CCOC(=O)C(OCCC(F)(F)C(C)(F)F)(OC(=O)C12CC3CC(CC(C3)C1)C2)C(F)(F)F.CCOC(=O)C(OCCC(F)(F)C(C)(F)F)(OC(=O)C12CC3CC(CC(O)(C3)C1)C2)C(F)(F)F. The molecule has 16 bridgehead atoms. The van der Waals surface area contributed by atoms with E-state index in [4.69, 9.17) is 33.2 Å². The van der Waals surface area contributed by atoms with E-state index in [0.717, 1.165) is 102 Å². The summed E-state index contributed by atoms with van der Waals surface area (Å²) in [7, 11) is 0. The fourth-order valence-corrected chi connectivity index (χ4v) is 26.0. The first kappa shape index (κ1) is 97.8. The fraction of sp³-hybridized carbons (Fsp3) is 0.884. The molecule has 41 heteroatoms. The number of rotatable bonds is 28. The van der Waals surface area contributed by atoms with Crippen molar-refractivity contribution < 1.29 is 189 Å². The zero-order valence-electron chi connectivity index (χ0n) is 71.5. The topological polar surface area (TPSA) is 302 Å². The van der Waals surface area contributed by atoms with Gasteiger partial charge in [0.1, 0.15) is 35.6 Å². The summed E-state index contributed by atoms with van der Waals surface area (Å²) in [6, 6.07) is 0. The summed E-state index contributed by atoms with van der Waals surface area (Å²) < 4.78 is 305. The monoisotopic (exact) mass is 1850 g/mol. The van der Waals surface area contributed by atoms with Crippen molar-refractivity contribution >= 4 is 59.7 Å². The maximum absolute atomic E-state index is 14.1. The minimum absolute atomic E-state index is 0.0948. The van der Waals surface area contributed by atoms with Gasteiger partial charge in [-0.1, -0.05) is 20.3 Å². The van der Waals surface area contributed by atoms with Gasteiger partial charge in [0.15, 0.2) is 0 Å². The Hall–Kier alpha value is -6.68. The van der Waals surface area contributed by atoms with Gasteiger partial charge in [0, 0.05) is 64.2 Å². The Morgan fingerprint density at radius 1 is 0.425 bits per heavy atom. The zero-order chi connectivity index (χ0) is 93.5. The third-order valence-electron chi connectivity index (χ3n) is 30.9. The first-order valence-electron chi connectivity index (χ1n) is 44.2. The van der Waals surface area contributed by atoms with Gasteiger partial charge in [-0.15, -0.1) is 0 Å². The summed E-state index contributed by atoms with van der Waals surface area (Å²) in [5.41, 5.74) is -5.05. The Labute approximate surface area is 719 Å². The first-order valence-corrected chi connectivity index (χ1v) is 44.2. The average molecular weight is 1850 g/mol. The number of fused-ring (bicyclic) bond motifs is 2. The number of alkyl halides is 18. The van der Waals surface area contributed by atoms with E-state index in [-0.39, 0.29) is 74.5 Å². The minimum atomic E-state index is -5.78. The molecular formula is C86H110F18O23. The van der Waals surface area contributed by atoms with E-state index >= 15 is 0 Å². The van der Waals surface area contributed by atoms with Crippen molar-refractivity contribution in [1.29, 1.82) is 0 Å². The summed E-state index contributed by atoms with van der Waals surface area (Å²) in [5, 5.41) is 10.8. The van der Waals surface area contributed by atoms with Crippen LogP contribution in [0.3, 0.4) is 0 Å². The van der Waals surface area contributed by atoms with Crippen LogP contribution in [-0.4, -0.2) is 192 Å². The molecule has 1 N–H and O–H groups in total. The molecule has 19 fully saturated rings. The van der Waals surface area contributed by atoms with E-state index < -0.39 is 246 Å². The van der Waals surface area contributed by atoms with Crippen LogP contribution in [0, 0.1) is 111 Å². The molecule has 0 aromatic carbocycles. The van der Waals surface area contributed by atoms with Gasteiger partial charge in [-0.05, 0) is 228 Å². The molecule has 2 heterocycles. The molecule has 2 saturated heterocycles. The highest BCUT2D eigenvalue weighted by Gasteiger charge is 2.76. The van der Waals surface area contributed by atoms with Gasteiger partial charge in [0.25, 0.3) is 0 Å². The molecule has 16 unspecified atom stereocenters. The molecule has 19 aliphatic rings. The largest absolute Gasteiger partial charge is 0.468 e. The molecule has 19 rings (SSSR count). The first-order chi connectivity index (χ1) is 58.7. The van der Waals surface area contributed by atoms with Gasteiger partial charge in [0.2, 0.25) is 0 Å². The van der Waals surface area contributed by atoms with Gasteiger partial charge in [0.05, 0.1) is 66.5 Å². The predicted molar refractivity (Wildman–Crippen MR) is 394 cm³/mol. The lowest BCUT2D eigenvalue weighted by molar-refractivity contribution is -0.362. The van der Waals surface area contributed by atoms with Gasteiger partial charge < -0.3 is 61.9 Å². The highest BCUT2D eigenvalue weighted by atomic mass is 19.4. The molecule has 0 aromatic rings. The van der Waals surface area contributed by atoms with Crippen LogP contribution in [-0.2, 0) is 105 Å². The number of hydrogen-bond acceptors (Lipinski definition) is 23. The van der Waals surface area contributed by atoms with Crippen LogP contribution in [0.25, 0.3) is 0 Å². The minimum Gasteiger partial charge on any atom is -0.461 e. The van der Waals surface area contributed by atoms with E-state index in [1.165, 1.54) is 13.3 Å². The number of esters is 10. The van der Waals surface area contributed by atoms with Crippen LogP contribution in [0.2, 0.25) is 0 Å². The molecular weight excluding hydrogens is 1740 g/mol. The van der Waals surface area contributed by atoms with Crippen molar-refractivity contribution in [2.45, 2.75) is 336 Å². The number of halogens is 18. The van der Waals surface area contributed by atoms with Crippen molar-refractivity contribution in [2.75, 3.05) is 26.4 Å². The number of hydrogen-bond donors (Lipinski definition) is 1. The lowest BCUT2D eigenvalue weighted by Crippen LogP contribution is -2.63. The van der Waals surface area contributed by atoms with Gasteiger partial charge in [-0.25, -0.2) is 36.7 Å². The highest BCUT2D eigenvalue weighted by molar-refractivity contribution is 5.89. The number of ether oxygens (including phenoxy) is 12. The lowest BCUT2D eigenvalue weighted by Gasteiger charge is -2.60. The summed E-state index contributed by atoms with van der Waals surface area (Å²) in [6.45, 7) is 2.64. The van der Waals surface area contributed by atoms with Gasteiger partial charge in [-0.2, -0.15) is 61.5 Å². The smallest absolute Gasteiger partial charge is 0.461 e. The summed E-state index contributed by atoms with van der Waals surface area (Å²) in [4.78, 5) is 126. The molecule has 17 aliphatic carbocycles. The zero-order valence-corrected chi connectivity index (χ0v) is 71.5. The van der Waals surface area contributed by atoms with E-state index in [1.54, 1.807) is 0 Å². The molecule has 0 amide bonds. The molecule has 2 aliphatic heterocycles. The van der Waals surface area contributed by atoms with Gasteiger partial charge in [-0.3, -0.25) is 28.8 Å². The molecule has 0 radical (unpaired) electrons. The van der Waals surface area contributed by atoms with Crippen molar-refractivity contribution in [3.8, 4) is 0 Å². The van der Waals surface area contributed by atoms with E-state index in [1.807, 2.05) is 6.92 Å². The van der Waals surface area contributed by atoms with Crippen LogP contribution < -0.4 is 0 Å². The number of aliphatic hydroxyl groups is 1. The summed E-state index contributed by atoms with van der Waals surface area (Å²) >= 11 is 0. The number of carbonyl (C=O) groups excluding carboxylic acids is 10. The Balaban J connectivity index is 0.000000145. The van der Waals surface area contributed by atoms with Crippen LogP contribution in [0.1, 0.15) is 235 Å². The lowest BCUT2D eigenvalue weighted by atomic mass is 9.48. The predicted octanol–water partition coefficient (Wildman–Crippen LogP) is 16.2.